The second-order valence-electron chi connectivity index (χ2n) is 14.5. The molecule has 0 aromatic rings. The molecule has 4 aliphatic rings. The highest BCUT2D eigenvalue weighted by molar-refractivity contribution is 5.20. The van der Waals surface area contributed by atoms with Crippen molar-refractivity contribution in [2.75, 3.05) is 0 Å². The monoisotopic (exact) mass is 460 g/mol. The third-order valence-electron chi connectivity index (χ3n) is 12.4. The van der Waals surface area contributed by atoms with Gasteiger partial charge in [-0.2, -0.15) is 0 Å². The van der Waals surface area contributed by atoms with E-state index in [-0.39, 0.29) is 45.7 Å². The third-order valence-corrected chi connectivity index (χ3v) is 12.4. The Kier molecular flexibility index (Phi) is 6.28. The molecule has 4 fully saturated rings. The van der Waals surface area contributed by atoms with E-state index in [0.717, 1.165) is 44.9 Å². The second kappa shape index (κ2) is 8.07. The molecule has 0 aromatic carbocycles. The first kappa shape index (κ1) is 25.7. The van der Waals surface area contributed by atoms with Gasteiger partial charge in [0.25, 0.3) is 0 Å². The summed E-state index contributed by atoms with van der Waals surface area (Å²) in [6.45, 7) is 18.3. The maximum atomic E-state index is 11.8. The molecule has 2 unspecified atom stereocenters. The van der Waals surface area contributed by atoms with Gasteiger partial charge in [-0.15, -0.1) is 0 Å². The van der Waals surface area contributed by atoms with Gasteiger partial charge in [0.05, 0.1) is 17.8 Å². The van der Waals surface area contributed by atoms with Crippen LogP contribution >= 0.6 is 0 Å². The highest BCUT2D eigenvalue weighted by Gasteiger charge is 2.71. The summed E-state index contributed by atoms with van der Waals surface area (Å²) in [4.78, 5) is 0. The lowest BCUT2D eigenvalue weighted by molar-refractivity contribution is -0.246. The Balaban J connectivity index is 1.66. The normalized spacial score (nSPS) is 50.5. The summed E-state index contributed by atoms with van der Waals surface area (Å²) in [5.74, 6) is 1.31. The minimum Gasteiger partial charge on any atom is -0.393 e. The van der Waals surface area contributed by atoms with Crippen LogP contribution in [-0.4, -0.2) is 33.1 Å². The number of hydrogen-bond acceptors (Lipinski definition) is 3. The van der Waals surface area contributed by atoms with E-state index < -0.39 is 5.60 Å². The van der Waals surface area contributed by atoms with E-state index in [9.17, 15) is 15.3 Å². The van der Waals surface area contributed by atoms with Gasteiger partial charge in [-0.05, 0) is 124 Å². The van der Waals surface area contributed by atoms with Gasteiger partial charge in [-0.25, -0.2) is 0 Å². The van der Waals surface area contributed by atoms with Gasteiger partial charge in [0.2, 0.25) is 0 Å². The Hall–Kier alpha value is -0.380. The molecule has 0 amide bonds. The molecule has 3 N–H and O–H groups in total. The number of aliphatic hydroxyl groups is 3. The molecule has 190 valence electrons. The van der Waals surface area contributed by atoms with Crippen molar-refractivity contribution in [3.63, 3.8) is 0 Å². The summed E-state index contributed by atoms with van der Waals surface area (Å²) < 4.78 is 0. The molecular formula is C30H52O3. The van der Waals surface area contributed by atoms with Crippen LogP contribution in [-0.2, 0) is 0 Å². The van der Waals surface area contributed by atoms with Gasteiger partial charge in [0.1, 0.15) is 0 Å². The minimum atomic E-state index is -0.739. The van der Waals surface area contributed by atoms with E-state index in [4.69, 9.17) is 0 Å². The Morgan fingerprint density at radius 1 is 0.909 bits per heavy atom. The molecular weight excluding hydrogens is 408 g/mol. The molecule has 0 radical (unpaired) electrons. The van der Waals surface area contributed by atoms with Crippen LogP contribution in [0.3, 0.4) is 0 Å². The lowest BCUT2D eigenvalue weighted by Crippen LogP contribution is -2.66. The summed E-state index contributed by atoms with van der Waals surface area (Å²) in [5, 5.41) is 34.3. The van der Waals surface area contributed by atoms with Crippen LogP contribution in [0.1, 0.15) is 113 Å². The average Bonchev–Trinajstić information content (AvgIpc) is 3.08. The maximum Gasteiger partial charge on any atom is 0.0654 e. The highest BCUT2D eigenvalue weighted by Crippen LogP contribution is 2.75. The summed E-state index contributed by atoms with van der Waals surface area (Å²) in [6, 6.07) is 0. The fraction of sp³-hybridized carbons (Fsp3) is 0.933. The first-order valence-electron chi connectivity index (χ1n) is 13.8. The molecule has 0 aliphatic heterocycles. The van der Waals surface area contributed by atoms with Crippen LogP contribution in [0.5, 0.6) is 0 Å². The van der Waals surface area contributed by atoms with Crippen molar-refractivity contribution in [2.24, 2.45) is 45.3 Å². The molecule has 3 heteroatoms. The molecule has 0 heterocycles. The van der Waals surface area contributed by atoms with E-state index in [1.165, 1.54) is 18.4 Å². The topological polar surface area (TPSA) is 60.7 Å². The van der Waals surface area contributed by atoms with E-state index in [0.29, 0.717) is 11.8 Å². The zero-order valence-electron chi connectivity index (χ0n) is 22.7. The van der Waals surface area contributed by atoms with Gasteiger partial charge < -0.3 is 15.3 Å². The van der Waals surface area contributed by atoms with E-state index in [1.54, 1.807) is 0 Å². The van der Waals surface area contributed by atoms with Crippen molar-refractivity contribution < 1.29 is 15.3 Å². The Morgan fingerprint density at radius 3 is 2.18 bits per heavy atom. The molecule has 0 aromatic heterocycles. The van der Waals surface area contributed by atoms with Crippen molar-refractivity contribution in [2.45, 2.75) is 131 Å². The van der Waals surface area contributed by atoms with Gasteiger partial charge in [-0.1, -0.05) is 46.3 Å². The van der Waals surface area contributed by atoms with Gasteiger partial charge in [-0.3, -0.25) is 0 Å². The van der Waals surface area contributed by atoms with Crippen molar-refractivity contribution in [3.05, 3.63) is 11.6 Å². The van der Waals surface area contributed by atoms with Crippen molar-refractivity contribution in [3.8, 4) is 0 Å². The van der Waals surface area contributed by atoms with Crippen molar-refractivity contribution in [1.29, 1.82) is 0 Å². The maximum absolute atomic E-state index is 11.8. The Bertz CT molecular complexity index is 779. The van der Waals surface area contributed by atoms with Gasteiger partial charge in [0.15, 0.2) is 0 Å². The largest absolute Gasteiger partial charge is 0.393 e. The summed E-state index contributed by atoms with van der Waals surface area (Å²) in [6.07, 6.45) is 10.6. The van der Waals surface area contributed by atoms with Crippen LogP contribution < -0.4 is 0 Å². The number of rotatable bonds is 4. The van der Waals surface area contributed by atoms with Crippen LogP contribution in [0.2, 0.25) is 0 Å². The Morgan fingerprint density at radius 2 is 1.55 bits per heavy atom. The first-order valence-corrected chi connectivity index (χ1v) is 13.8. The van der Waals surface area contributed by atoms with Crippen LogP contribution in [0.25, 0.3) is 0 Å². The summed E-state index contributed by atoms with van der Waals surface area (Å²) in [5.41, 5.74) is 0.885. The minimum absolute atomic E-state index is 0.0503. The fourth-order valence-electron chi connectivity index (χ4n) is 10.3. The standard InChI is InChI=1S/C30H52O3/c1-19(2)10-9-14-30(8,33)20-11-16-29(7)25(20)21(31)18-23-27(5)15-13-24(32)26(3,4)22(27)12-17-28(23,29)6/h10,20-25,31-33H,9,11-18H2,1-8H3/t20?,21-,22+,23-,24+,25?,27+,28-,29-,30+/m1/s1. The number of allylic oxidation sites excluding steroid dienone is 2. The second-order valence-corrected chi connectivity index (χ2v) is 14.5. The van der Waals surface area contributed by atoms with Crippen LogP contribution in [0.4, 0.5) is 0 Å². The summed E-state index contributed by atoms with van der Waals surface area (Å²) in [7, 11) is 0. The molecule has 4 aliphatic carbocycles. The molecule has 4 saturated carbocycles. The molecule has 0 saturated heterocycles. The van der Waals surface area contributed by atoms with E-state index in [2.05, 4.69) is 54.5 Å². The predicted molar refractivity (Wildman–Crippen MR) is 136 cm³/mol. The molecule has 4 rings (SSSR count). The molecule has 0 spiro atoms. The molecule has 0 bridgehead atoms. The quantitative estimate of drug-likeness (QED) is 0.420. The first-order chi connectivity index (χ1) is 15.1. The van der Waals surface area contributed by atoms with Crippen molar-refractivity contribution >= 4 is 0 Å². The summed E-state index contributed by atoms with van der Waals surface area (Å²) >= 11 is 0. The zero-order valence-corrected chi connectivity index (χ0v) is 22.7. The van der Waals surface area contributed by atoms with E-state index in [1.807, 2.05) is 6.92 Å². The third kappa shape index (κ3) is 3.61. The average molecular weight is 461 g/mol. The van der Waals surface area contributed by atoms with E-state index >= 15 is 0 Å². The van der Waals surface area contributed by atoms with Gasteiger partial charge in [0, 0.05) is 0 Å². The van der Waals surface area contributed by atoms with Crippen LogP contribution in [0.15, 0.2) is 11.6 Å². The molecule has 33 heavy (non-hydrogen) atoms. The number of fused-ring (bicyclic) bond motifs is 5. The SMILES string of the molecule is CC(C)=CCC[C@](C)(O)C1CC[C@]2(C)C1[C@H](O)C[C@@H]1[C@@]3(C)CC[C@H](O)C(C)(C)[C@@H]3CC[C@]12C. The predicted octanol–water partition coefficient (Wildman–Crippen LogP) is 6.50. The number of aliphatic hydroxyl groups excluding tert-OH is 2. The fourth-order valence-corrected chi connectivity index (χ4v) is 10.3. The lowest BCUT2D eigenvalue weighted by atomic mass is 9.35. The highest BCUT2D eigenvalue weighted by atomic mass is 16.3. The lowest BCUT2D eigenvalue weighted by Gasteiger charge is -2.70. The van der Waals surface area contributed by atoms with Crippen molar-refractivity contribution in [1.82, 2.24) is 0 Å². The molecule has 10 atom stereocenters. The van der Waals surface area contributed by atoms with Crippen LogP contribution in [0, 0.1) is 45.3 Å². The van der Waals surface area contributed by atoms with Gasteiger partial charge >= 0.3 is 0 Å². The molecule has 3 nitrogen and oxygen atoms in total. The smallest absolute Gasteiger partial charge is 0.0654 e. The number of hydrogen-bond donors (Lipinski definition) is 3. The zero-order chi connectivity index (χ0) is 24.6. The Labute approximate surface area is 203 Å².